The number of nitrogens with zero attached hydrogens (tertiary/aromatic N) is 2. The molecule has 0 aliphatic rings. The molecular formula is C17H18N2. The molecule has 0 spiro atoms. The fourth-order valence-electron chi connectivity index (χ4n) is 2.02. The van der Waals surface area contributed by atoms with Crippen LogP contribution in [0.25, 0.3) is 5.53 Å². The molecule has 0 saturated heterocycles. The van der Waals surface area contributed by atoms with Crippen molar-refractivity contribution < 1.29 is 4.70 Å². The lowest BCUT2D eigenvalue weighted by molar-refractivity contribution is -0.499. The number of hydrogen-bond donors (Lipinski definition) is 0. The van der Waals surface area contributed by atoms with Crippen LogP contribution in [0.15, 0.2) is 72.3 Å². The maximum Gasteiger partial charge on any atom is 0.194 e. The molecule has 2 heteroatoms. The number of benzene rings is 2. The largest absolute Gasteiger partial charge is 0.499 e. The van der Waals surface area contributed by atoms with Crippen LogP contribution in [0.2, 0.25) is 0 Å². The van der Waals surface area contributed by atoms with Crippen LogP contribution in [0.3, 0.4) is 0 Å². The summed E-state index contributed by atoms with van der Waals surface area (Å²) in [6.45, 7) is 4.07. The number of para-hydroxylation sites is 1. The lowest BCUT2D eigenvalue weighted by Crippen LogP contribution is -2.09. The Bertz CT molecular complexity index is 567. The topological polar surface area (TPSA) is 25.3 Å². The molecule has 1 unspecified atom stereocenters. The van der Waals surface area contributed by atoms with Crippen LogP contribution >= 0.6 is 0 Å². The minimum Gasteiger partial charge on any atom is -0.499 e. The summed E-state index contributed by atoms with van der Waals surface area (Å²) in [5, 5.41) is 0. The molecule has 19 heavy (non-hydrogen) atoms. The zero-order valence-corrected chi connectivity index (χ0v) is 11.3. The van der Waals surface area contributed by atoms with Gasteiger partial charge in [0.05, 0.1) is 0 Å². The standard InChI is InChI=1S/C17H18N2/c1-14(2)13-17(15-9-5-3-6-10-15)19(18)16-11-7-4-8-12-16/h3-13,17H,1-2H3. The van der Waals surface area contributed by atoms with Crippen molar-refractivity contribution in [1.82, 2.24) is 0 Å². The Balaban J connectivity index is 2.40. The molecule has 0 saturated carbocycles. The smallest absolute Gasteiger partial charge is 0.194 e. The first kappa shape index (κ1) is 13.2. The second-order valence-electron chi connectivity index (χ2n) is 4.78. The quantitative estimate of drug-likeness (QED) is 0.412. The van der Waals surface area contributed by atoms with E-state index < -0.39 is 0 Å². The molecule has 0 heterocycles. The summed E-state index contributed by atoms with van der Waals surface area (Å²) in [5.41, 5.74) is 13.5. The molecule has 2 nitrogen and oxygen atoms in total. The first-order chi connectivity index (χ1) is 9.18. The summed E-state index contributed by atoms with van der Waals surface area (Å²) in [6.07, 6.45) is 2.06. The third kappa shape index (κ3) is 3.38. The van der Waals surface area contributed by atoms with E-state index in [4.69, 9.17) is 0 Å². The lowest BCUT2D eigenvalue weighted by atomic mass is 10.0. The van der Waals surface area contributed by atoms with Crippen LogP contribution in [0, 0.1) is 0 Å². The third-order valence-electron chi connectivity index (χ3n) is 2.92. The highest BCUT2D eigenvalue weighted by atomic mass is 15.2. The van der Waals surface area contributed by atoms with Crippen molar-refractivity contribution in [2.24, 2.45) is 0 Å². The third-order valence-corrected chi connectivity index (χ3v) is 2.92. The highest BCUT2D eigenvalue weighted by Gasteiger charge is 2.17. The Morgan fingerprint density at radius 3 is 2.00 bits per heavy atom. The van der Waals surface area contributed by atoms with Crippen molar-refractivity contribution in [3.05, 3.63) is 83.4 Å². The van der Waals surface area contributed by atoms with Crippen molar-refractivity contribution in [1.29, 1.82) is 0 Å². The van der Waals surface area contributed by atoms with E-state index >= 15 is 0 Å². The molecule has 0 aliphatic carbocycles. The second kappa shape index (κ2) is 6.10. The molecule has 96 valence electrons. The van der Waals surface area contributed by atoms with Gasteiger partial charge in [-0.25, -0.2) is 0 Å². The number of rotatable bonds is 4. The van der Waals surface area contributed by atoms with Gasteiger partial charge in [-0.15, -0.1) is 0 Å². The SMILES string of the molecule is CC(C)=CC(c1ccccc1)[N+](=[N-])c1ccccc1. The van der Waals surface area contributed by atoms with Gasteiger partial charge in [-0.05, 0) is 19.9 Å². The first-order valence-electron chi connectivity index (χ1n) is 6.41. The van der Waals surface area contributed by atoms with E-state index in [-0.39, 0.29) is 6.04 Å². The van der Waals surface area contributed by atoms with Gasteiger partial charge < -0.3 is 5.53 Å². The Morgan fingerprint density at radius 2 is 1.47 bits per heavy atom. The predicted octanol–water partition coefficient (Wildman–Crippen LogP) is 5.06. The molecule has 1 atom stereocenters. The van der Waals surface area contributed by atoms with Gasteiger partial charge in [-0.3, -0.25) is 4.70 Å². The minimum absolute atomic E-state index is 0.173. The Morgan fingerprint density at radius 1 is 0.947 bits per heavy atom. The summed E-state index contributed by atoms with van der Waals surface area (Å²) < 4.78 is 1.31. The summed E-state index contributed by atoms with van der Waals surface area (Å²) in [5.74, 6) is 0. The van der Waals surface area contributed by atoms with Crippen molar-refractivity contribution in [2.75, 3.05) is 0 Å². The number of allylic oxidation sites excluding steroid dienone is 1. The summed E-state index contributed by atoms with van der Waals surface area (Å²) in [6, 6.07) is 19.4. The molecular weight excluding hydrogens is 232 g/mol. The van der Waals surface area contributed by atoms with Crippen LogP contribution < -0.4 is 0 Å². The zero-order chi connectivity index (χ0) is 13.7. The molecule has 0 radical (unpaired) electrons. The van der Waals surface area contributed by atoms with Gasteiger partial charge in [0.15, 0.2) is 11.7 Å². The van der Waals surface area contributed by atoms with E-state index in [0.717, 1.165) is 11.3 Å². The van der Waals surface area contributed by atoms with Gasteiger partial charge in [0.25, 0.3) is 0 Å². The average Bonchev–Trinajstić information content (AvgIpc) is 2.46. The van der Waals surface area contributed by atoms with E-state index in [1.165, 1.54) is 10.3 Å². The van der Waals surface area contributed by atoms with Crippen LogP contribution in [-0.2, 0) is 0 Å². The van der Waals surface area contributed by atoms with Gasteiger partial charge in [0.2, 0.25) is 0 Å². The molecule has 0 aromatic heterocycles. The monoisotopic (exact) mass is 250 g/mol. The van der Waals surface area contributed by atoms with Gasteiger partial charge in [-0.1, -0.05) is 54.1 Å². The second-order valence-corrected chi connectivity index (χ2v) is 4.78. The van der Waals surface area contributed by atoms with Crippen LogP contribution in [0.1, 0.15) is 25.5 Å². The first-order valence-corrected chi connectivity index (χ1v) is 6.41. The zero-order valence-electron chi connectivity index (χ0n) is 11.3. The van der Waals surface area contributed by atoms with E-state index in [1.54, 1.807) is 0 Å². The highest BCUT2D eigenvalue weighted by Crippen LogP contribution is 2.26. The van der Waals surface area contributed by atoms with Crippen LogP contribution in [-0.4, -0.2) is 4.70 Å². The molecule has 2 rings (SSSR count). The number of hydrogen-bond acceptors (Lipinski definition) is 0. The molecule has 2 aromatic carbocycles. The summed E-state index contributed by atoms with van der Waals surface area (Å²) in [7, 11) is 0. The van der Waals surface area contributed by atoms with E-state index in [2.05, 4.69) is 6.08 Å². The average molecular weight is 250 g/mol. The van der Waals surface area contributed by atoms with Gasteiger partial charge >= 0.3 is 0 Å². The fraction of sp³-hybridized carbons (Fsp3) is 0.176. The van der Waals surface area contributed by atoms with E-state index in [0.29, 0.717) is 0 Å². The van der Waals surface area contributed by atoms with E-state index in [1.807, 2.05) is 74.5 Å². The van der Waals surface area contributed by atoms with Crippen molar-refractivity contribution in [3.8, 4) is 0 Å². The van der Waals surface area contributed by atoms with E-state index in [9.17, 15) is 5.53 Å². The Hall–Kier alpha value is -2.22. The molecule has 0 aliphatic heterocycles. The Kier molecular flexibility index (Phi) is 4.24. The highest BCUT2D eigenvalue weighted by molar-refractivity contribution is 5.31. The molecule has 0 amide bonds. The molecule has 0 fully saturated rings. The predicted molar refractivity (Wildman–Crippen MR) is 78.3 cm³/mol. The lowest BCUT2D eigenvalue weighted by Gasteiger charge is -2.16. The van der Waals surface area contributed by atoms with Gasteiger partial charge in [-0.2, -0.15) is 0 Å². The van der Waals surface area contributed by atoms with Crippen LogP contribution in [0.5, 0.6) is 0 Å². The Labute approximate surface area is 114 Å². The normalized spacial score (nSPS) is 11.7. The summed E-state index contributed by atoms with van der Waals surface area (Å²) >= 11 is 0. The summed E-state index contributed by atoms with van der Waals surface area (Å²) in [4.78, 5) is 0. The maximum atomic E-state index is 10.5. The maximum absolute atomic E-state index is 10.5. The van der Waals surface area contributed by atoms with Crippen LogP contribution in [0.4, 0.5) is 5.69 Å². The molecule has 2 aromatic rings. The van der Waals surface area contributed by atoms with Gasteiger partial charge in [0, 0.05) is 17.7 Å². The van der Waals surface area contributed by atoms with Crippen molar-refractivity contribution in [2.45, 2.75) is 19.9 Å². The minimum atomic E-state index is -0.173. The van der Waals surface area contributed by atoms with Crippen molar-refractivity contribution >= 4 is 5.69 Å². The molecule has 0 bridgehead atoms. The van der Waals surface area contributed by atoms with Gasteiger partial charge in [0.1, 0.15) is 0 Å². The van der Waals surface area contributed by atoms with Crippen molar-refractivity contribution in [3.63, 3.8) is 0 Å². The fourth-order valence-corrected chi connectivity index (χ4v) is 2.02. The molecule has 0 N–H and O–H groups in total.